The number of sulfonamides is 1. The molecule has 16 rings (SSSR count). The van der Waals surface area contributed by atoms with Gasteiger partial charge in [-0.05, 0) is 241 Å². The Kier molecular flexibility index (Phi) is 42.5. The molecule has 0 bridgehead atoms. The predicted molar refractivity (Wildman–Crippen MR) is 554 cm³/mol. The van der Waals surface area contributed by atoms with Gasteiger partial charge in [0.05, 0.1) is 79.9 Å². The number of benzene rings is 11. The van der Waals surface area contributed by atoms with Gasteiger partial charge in [-0.1, -0.05) is 278 Å². The van der Waals surface area contributed by atoms with E-state index >= 15 is 0 Å². The quantitative estimate of drug-likeness (QED) is 0.0590. The van der Waals surface area contributed by atoms with Crippen LogP contribution in [0.5, 0.6) is 0 Å². The number of alkyl halides is 1. The number of piperazine rings is 5. The van der Waals surface area contributed by atoms with E-state index in [1.54, 1.807) is 30.3 Å². The minimum Gasteiger partial charge on any atom is -0.395 e. The molecule has 14 nitrogen and oxygen atoms in total. The van der Waals surface area contributed by atoms with E-state index in [1.165, 1.54) is 44.8 Å². The molecule has 0 unspecified atom stereocenters. The van der Waals surface area contributed by atoms with Crippen molar-refractivity contribution in [2.45, 2.75) is 151 Å². The van der Waals surface area contributed by atoms with Gasteiger partial charge in [-0.2, -0.15) is 0 Å². The molecule has 5 aliphatic rings. The number of aliphatic hydroxyl groups is 1. The summed E-state index contributed by atoms with van der Waals surface area (Å²) in [6, 6.07) is 86.5. The second-order valence-electron chi connectivity index (χ2n) is 32.3. The lowest BCUT2D eigenvalue weighted by atomic mass is 9.93. The van der Waals surface area contributed by atoms with Crippen LogP contribution in [-0.4, -0.2) is 152 Å². The summed E-state index contributed by atoms with van der Waals surface area (Å²) >= 11 is 53.7. The molecule has 11 aromatic carbocycles. The van der Waals surface area contributed by atoms with Crippen LogP contribution in [0.25, 0.3) is 0 Å². The van der Waals surface area contributed by atoms with Gasteiger partial charge in [0.1, 0.15) is 0 Å². The maximum Gasteiger partial charge on any atom is 0.240 e. The van der Waals surface area contributed by atoms with Crippen molar-refractivity contribution in [3.63, 3.8) is 0 Å². The second kappa shape index (κ2) is 50.5. The van der Waals surface area contributed by atoms with Gasteiger partial charge in [-0.3, -0.25) is 9.80 Å². The lowest BCUT2D eigenvalue weighted by Crippen LogP contribution is -2.57. The van der Waals surface area contributed by atoms with Crippen molar-refractivity contribution in [2.75, 3.05) is 123 Å². The van der Waals surface area contributed by atoms with Gasteiger partial charge in [0.15, 0.2) is 0 Å². The average molecular weight is 1970 g/mol. The number of hydrogen-bond acceptors (Lipinski definition) is 13. The fourth-order valence-electron chi connectivity index (χ4n) is 16.9. The molecule has 127 heavy (non-hydrogen) atoms. The zero-order valence-electron chi connectivity index (χ0n) is 70.4. The van der Waals surface area contributed by atoms with Gasteiger partial charge < -0.3 is 45.6 Å². The summed E-state index contributed by atoms with van der Waals surface area (Å²) in [4.78, 5) is 16.8. The van der Waals surface area contributed by atoms with Gasteiger partial charge in [0, 0.05) is 138 Å². The fraction of sp³-hybridized carbons (Fsp3) is 0.359. The van der Waals surface area contributed by atoms with Crippen molar-refractivity contribution in [3.8, 4) is 0 Å². The maximum absolute atomic E-state index is 12.9. The number of nitrogens with one attached hydrogen (secondary N) is 4. The molecule has 5 N–H and O–H groups in total. The molecule has 10 atom stereocenters. The molecular formula is C103H130BrCl8N11O3S. The minimum absolute atomic E-state index is 0. The first-order valence-electron chi connectivity index (χ1n) is 41.5. The van der Waals surface area contributed by atoms with Crippen LogP contribution >= 0.6 is 109 Å². The number of likely N-dealkylation sites (N-methyl/N-ethyl adjacent to an activating group) is 2. The molecule has 5 fully saturated rings. The molecule has 0 spiro atoms. The molecule has 0 amide bonds. The standard InChI is InChI=1S/C25H27Cl2N3O2S.C19H21BrCl2N2.C18H20Cl2N2O.2C18H21ClN2.5CH4/c1-18-8-13-23(22(27)16-18)30-15-14-29(2)24(25(30)19-9-11-20(26)12-10-19)17-28-33(31,32)21-6-4-3-5-7-21;1-13-3-8-17(16(22)11-13)24-10-9-23(2)18(12-20)19(24)14-4-6-15(21)7-5-14;1-12-2-7-17(15(20)10-12)22-9-8-21-16(11-23)18(22)13-3-5-14(19)6-4-13;1-13-3-9-17(10-4-13)21-12-14(2)20-11-18(21)15-5-7-16(19)8-6-15;1-13-3-9-17(10-4-13)21-14(2)11-20-12-18(21)15-5-7-16(19)8-6-15;;;;;/h3-13,16,24-25,28H,14-15,17H2,1-2H3;3-8,11,18-19H,9-10,12H2,1-2H3;2-7,10,16,18,21,23H,8-9,11H2,1H3;2*3-10,14,18,20H,11-12H2,1-2H3;5*1H4/t24-,25+;18-,19+;16-,18+;2*14-,18+;;;;;/m11111...../s1. The molecule has 684 valence electrons. The Bertz CT molecular complexity index is 5230. The molecule has 0 aliphatic carbocycles. The van der Waals surface area contributed by atoms with Crippen molar-refractivity contribution in [1.82, 2.24) is 30.5 Å². The van der Waals surface area contributed by atoms with Crippen LogP contribution in [-0.2, 0) is 10.0 Å². The minimum atomic E-state index is -3.63. The number of anilines is 5. The van der Waals surface area contributed by atoms with E-state index in [0.717, 1.165) is 135 Å². The monoisotopic (exact) mass is 1960 g/mol. The number of aryl methyl sites for hydroxylation is 5. The fourth-order valence-corrected chi connectivity index (χ4v) is 20.5. The number of nitrogens with zero attached hydrogens (tertiary/aromatic N) is 7. The number of halogens is 9. The largest absolute Gasteiger partial charge is 0.395 e. The SMILES string of the molecule is C.C.C.C.C.Cc1ccc(N2CCN(C)[C@H](CBr)[C@@H]2c2ccc(Cl)cc2)c(Cl)c1.Cc1ccc(N2CCN(C)[C@H](CNS(=O)(=O)c3ccccc3)[C@@H]2c2ccc(Cl)cc2)c(Cl)c1.Cc1ccc(N2CCN[C@H](CO)[C@@H]2c2ccc(Cl)cc2)c(Cl)c1.Cc1ccc(N2C[C@@H](C)NC[C@H]2c2ccc(Cl)cc2)cc1.Cc1ccc(N2[C@H](C)CNC[C@H]2c2ccc(Cl)cc2)cc1. The number of rotatable bonds is 16. The van der Waals surface area contributed by atoms with Gasteiger partial charge in [0.2, 0.25) is 10.0 Å². The van der Waals surface area contributed by atoms with Gasteiger partial charge in [0.25, 0.3) is 0 Å². The maximum atomic E-state index is 12.9. The zero-order chi connectivity index (χ0) is 86.9. The van der Waals surface area contributed by atoms with E-state index in [-0.39, 0.29) is 85.4 Å². The highest BCUT2D eigenvalue weighted by Gasteiger charge is 2.40. The van der Waals surface area contributed by atoms with Gasteiger partial charge in [-0.25, -0.2) is 13.1 Å². The van der Waals surface area contributed by atoms with Gasteiger partial charge in [-0.15, -0.1) is 0 Å². The summed E-state index contributed by atoms with van der Waals surface area (Å²) in [5, 5.41) is 27.2. The van der Waals surface area contributed by atoms with E-state index < -0.39 is 10.0 Å². The molecule has 5 heterocycles. The normalized spacial score (nSPS) is 20.5. The summed E-state index contributed by atoms with van der Waals surface area (Å²) in [7, 11) is 0.576. The van der Waals surface area contributed by atoms with Crippen molar-refractivity contribution in [2.24, 2.45) is 0 Å². The van der Waals surface area contributed by atoms with Gasteiger partial charge >= 0.3 is 0 Å². The highest BCUT2D eigenvalue weighted by atomic mass is 79.9. The van der Waals surface area contributed by atoms with E-state index in [0.29, 0.717) is 45.3 Å². The van der Waals surface area contributed by atoms with Crippen LogP contribution in [0.2, 0.25) is 40.2 Å². The third kappa shape index (κ3) is 28.0. The summed E-state index contributed by atoms with van der Waals surface area (Å²) in [6.45, 7) is 24.2. The van der Waals surface area contributed by atoms with E-state index in [4.69, 9.17) is 92.8 Å². The highest BCUT2D eigenvalue weighted by molar-refractivity contribution is 9.09. The molecule has 0 aromatic heterocycles. The number of hydrogen-bond donors (Lipinski definition) is 5. The Labute approximate surface area is 808 Å². The van der Waals surface area contributed by atoms with E-state index in [2.05, 4.69) is 222 Å². The lowest BCUT2D eigenvalue weighted by Gasteiger charge is -2.48. The summed E-state index contributed by atoms with van der Waals surface area (Å²) in [5.41, 5.74) is 17.6. The van der Waals surface area contributed by atoms with Crippen LogP contribution in [0.1, 0.15) is 137 Å². The van der Waals surface area contributed by atoms with E-state index in [9.17, 15) is 13.5 Å². The number of aliphatic hydroxyl groups excluding tert-OH is 1. The molecule has 11 aromatic rings. The van der Waals surface area contributed by atoms with Crippen LogP contribution in [0.15, 0.2) is 260 Å². The van der Waals surface area contributed by atoms with Crippen LogP contribution in [0.4, 0.5) is 28.4 Å². The Morgan fingerprint density at radius 1 is 0.409 bits per heavy atom. The Morgan fingerprint density at radius 3 is 1.20 bits per heavy atom. The Morgan fingerprint density at radius 2 is 0.787 bits per heavy atom. The molecule has 5 aliphatic heterocycles. The lowest BCUT2D eigenvalue weighted by molar-refractivity contribution is 0.176. The molecule has 0 radical (unpaired) electrons. The summed E-state index contributed by atoms with van der Waals surface area (Å²) in [6.07, 6.45) is 0. The Balaban J connectivity index is 0.000000218. The van der Waals surface area contributed by atoms with Crippen LogP contribution < -0.4 is 45.2 Å². The van der Waals surface area contributed by atoms with Crippen molar-refractivity contribution in [1.29, 1.82) is 0 Å². The van der Waals surface area contributed by atoms with Crippen LogP contribution in [0.3, 0.4) is 0 Å². The highest BCUT2D eigenvalue weighted by Crippen LogP contribution is 2.43. The molecule has 5 saturated heterocycles. The van der Waals surface area contributed by atoms with Crippen molar-refractivity contribution < 1.29 is 13.5 Å². The van der Waals surface area contributed by atoms with Crippen molar-refractivity contribution >= 4 is 147 Å². The average Bonchev–Trinajstić information content (AvgIpc) is 0.780. The molecular weight excluding hydrogens is 1830 g/mol. The first-order chi connectivity index (χ1) is 58.6. The predicted octanol–water partition coefficient (Wildman–Crippen LogP) is 26.1. The zero-order valence-corrected chi connectivity index (χ0v) is 78.9. The summed E-state index contributed by atoms with van der Waals surface area (Å²) < 4.78 is 28.7. The smallest absolute Gasteiger partial charge is 0.240 e. The third-order valence-electron chi connectivity index (χ3n) is 23.5. The first kappa shape index (κ1) is 107. The van der Waals surface area contributed by atoms with Crippen LogP contribution in [0, 0.1) is 34.6 Å². The third-order valence-corrected chi connectivity index (χ3v) is 27.7. The molecule has 24 heteroatoms. The second-order valence-corrected chi connectivity index (χ2v) is 38.1. The summed E-state index contributed by atoms with van der Waals surface area (Å²) in [5.74, 6) is 0. The first-order valence-corrected chi connectivity index (χ1v) is 47.1. The topological polar surface area (TPSA) is 125 Å². The Hall–Kier alpha value is -7.11. The van der Waals surface area contributed by atoms with Crippen molar-refractivity contribution in [3.05, 3.63) is 351 Å². The molecule has 0 saturated carbocycles. The van der Waals surface area contributed by atoms with E-state index in [1.807, 2.05) is 136 Å².